The molecule has 0 saturated heterocycles. The third kappa shape index (κ3) is 4.31. The quantitative estimate of drug-likeness (QED) is 0.698. The number of nitrogens with zero attached hydrogens (tertiary/aromatic N) is 2. The molecule has 0 aliphatic rings. The molecule has 0 atom stereocenters. The van der Waals surface area contributed by atoms with Gasteiger partial charge in [-0.15, -0.1) is 11.3 Å². The number of esters is 1. The van der Waals surface area contributed by atoms with E-state index in [2.05, 4.69) is 51.2 Å². The Balaban J connectivity index is 1.63. The molecule has 7 heteroatoms. The number of amides is 1. The number of carbonyl (C=O) groups is 2. The van der Waals surface area contributed by atoms with E-state index >= 15 is 0 Å². The van der Waals surface area contributed by atoms with Crippen LogP contribution in [0.15, 0.2) is 48.8 Å². The summed E-state index contributed by atoms with van der Waals surface area (Å²) in [5.74, 6) is -0.872. The van der Waals surface area contributed by atoms with Gasteiger partial charge >= 0.3 is 5.97 Å². The van der Waals surface area contributed by atoms with E-state index in [9.17, 15) is 9.59 Å². The van der Waals surface area contributed by atoms with Crippen LogP contribution in [-0.4, -0.2) is 29.0 Å². The summed E-state index contributed by atoms with van der Waals surface area (Å²) in [6.45, 7) is 2.05. The molecule has 0 aliphatic carbocycles. The minimum absolute atomic E-state index is 0.202. The first-order valence-electron chi connectivity index (χ1n) is 7.91. The lowest BCUT2D eigenvalue weighted by atomic mass is 10.1. The highest BCUT2D eigenvalue weighted by molar-refractivity contribution is 7.15. The maximum Gasteiger partial charge on any atom is 0.339 e. The van der Waals surface area contributed by atoms with E-state index in [-0.39, 0.29) is 11.6 Å². The molecule has 0 unspecified atom stereocenters. The smallest absolute Gasteiger partial charge is 0.339 e. The Bertz CT molecular complexity index is 918. The van der Waals surface area contributed by atoms with Crippen LogP contribution < -0.4 is 5.32 Å². The van der Waals surface area contributed by atoms with Crippen molar-refractivity contribution >= 4 is 28.3 Å². The largest absolute Gasteiger partial charge is 0.465 e. The van der Waals surface area contributed by atoms with Crippen LogP contribution in [0, 0.1) is 6.92 Å². The summed E-state index contributed by atoms with van der Waals surface area (Å²) in [4.78, 5) is 32.9. The summed E-state index contributed by atoms with van der Waals surface area (Å²) in [6, 6.07) is 11.3. The maximum absolute atomic E-state index is 12.2. The number of nitrogens with one attached hydrogen (secondary N) is 1. The number of hydrogen-bond donors (Lipinski definition) is 1. The number of benzene rings is 1. The normalized spacial score (nSPS) is 10.4. The van der Waals surface area contributed by atoms with Crippen LogP contribution in [0.1, 0.15) is 36.9 Å². The Morgan fingerprint density at radius 2 is 1.85 bits per heavy atom. The number of aryl methyl sites for hydroxylation is 1. The zero-order chi connectivity index (χ0) is 18.5. The summed E-state index contributed by atoms with van der Waals surface area (Å²) in [6.07, 6.45) is 3.83. The summed E-state index contributed by atoms with van der Waals surface area (Å²) in [5.41, 5.74) is 2.90. The first-order valence-corrected chi connectivity index (χ1v) is 8.73. The Kier molecular flexibility index (Phi) is 5.38. The molecule has 0 fully saturated rings. The molecular formula is C19H17N3O3S. The molecule has 1 amide bonds. The summed E-state index contributed by atoms with van der Waals surface area (Å²) in [5, 5.41) is 3.24. The second-order valence-corrected chi connectivity index (χ2v) is 6.79. The van der Waals surface area contributed by atoms with Gasteiger partial charge in [0.1, 0.15) is 5.69 Å². The van der Waals surface area contributed by atoms with Crippen molar-refractivity contribution in [1.82, 2.24) is 9.97 Å². The van der Waals surface area contributed by atoms with Crippen molar-refractivity contribution < 1.29 is 14.3 Å². The fourth-order valence-electron chi connectivity index (χ4n) is 2.28. The molecule has 1 aromatic carbocycles. The van der Waals surface area contributed by atoms with Crippen LogP contribution in [0.5, 0.6) is 0 Å². The molecule has 1 N–H and O–H groups in total. The lowest BCUT2D eigenvalue weighted by Crippen LogP contribution is -2.14. The predicted octanol–water partition coefficient (Wildman–Crippen LogP) is 3.48. The fourth-order valence-corrected chi connectivity index (χ4v) is 3.12. The van der Waals surface area contributed by atoms with Crippen LogP contribution in [-0.2, 0) is 11.2 Å². The van der Waals surface area contributed by atoms with Crippen LogP contribution in [0.2, 0.25) is 0 Å². The minimum atomic E-state index is -0.495. The van der Waals surface area contributed by atoms with Gasteiger partial charge in [-0.2, -0.15) is 0 Å². The molecule has 3 aromatic rings. The molecule has 0 aliphatic heterocycles. The van der Waals surface area contributed by atoms with E-state index in [1.807, 2.05) is 0 Å². The third-order valence-corrected chi connectivity index (χ3v) is 4.60. The molecule has 2 heterocycles. The highest BCUT2D eigenvalue weighted by Crippen LogP contribution is 2.22. The first kappa shape index (κ1) is 17.8. The third-order valence-electron chi connectivity index (χ3n) is 3.69. The number of ether oxygens (including phenoxy) is 1. The number of hydrogen-bond acceptors (Lipinski definition) is 6. The first-order chi connectivity index (χ1) is 12.5. The van der Waals surface area contributed by atoms with Gasteiger partial charge in [0.15, 0.2) is 5.13 Å². The zero-order valence-corrected chi connectivity index (χ0v) is 15.2. The topological polar surface area (TPSA) is 81.2 Å². The molecule has 6 nitrogen and oxygen atoms in total. The second-order valence-electron chi connectivity index (χ2n) is 5.67. The van der Waals surface area contributed by atoms with Gasteiger partial charge in [-0.1, -0.05) is 29.8 Å². The number of thiazole rings is 1. The monoisotopic (exact) mass is 367 g/mol. The highest BCUT2D eigenvalue weighted by atomic mass is 32.1. The predicted molar refractivity (Wildman–Crippen MR) is 99.6 cm³/mol. The molecule has 0 radical (unpaired) electrons. The number of pyridine rings is 1. The highest BCUT2D eigenvalue weighted by Gasteiger charge is 2.12. The van der Waals surface area contributed by atoms with E-state index < -0.39 is 5.97 Å². The van der Waals surface area contributed by atoms with Gasteiger partial charge in [-0.3, -0.25) is 15.1 Å². The molecule has 0 spiro atoms. The van der Waals surface area contributed by atoms with Crippen LogP contribution in [0.3, 0.4) is 0 Å². The van der Waals surface area contributed by atoms with Crippen LogP contribution >= 0.6 is 11.3 Å². The standard InChI is InChI=1S/C19H17N3O3S/c1-12-3-5-13(6-4-12)9-15-11-21-19(26-15)22-17(23)16-8-7-14(10-20-16)18(24)25-2/h3-8,10-11H,9H2,1-2H3,(H,21,22,23). The molecule has 3 rings (SSSR count). The number of carbonyl (C=O) groups excluding carboxylic acids is 2. The Morgan fingerprint density at radius 3 is 2.50 bits per heavy atom. The van der Waals surface area contributed by atoms with Crippen molar-refractivity contribution in [2.75, 3.05) is 12.4 Å². The van der Waals surface area contributed by atoms with E-state index in [1.54, 1.807) is 6.20 Å². The van der Waals surface area contributed by atoms with Gasteiger partial charge in [0.2, 0.25) is 0 Å². The fraction of sp³-hybridized carbons (Fsp3) is 0.158. The van der Waals surface area contributed by atoms with Crippen LogP contribution in [0.25, 0.3) is 0 Å². The van der Waals surface area contributed by atoms with Crippen LogP contribution in [0.4, 0.5) is 5.13 Å². The van der Waals surface area contributed by atoms with E-state index in [1.165, 1.54) is 47.9 Å². The van der Waals surface area contributed by atoms with E-state index in [4.69, 9.17) is 0 Å². The Morgan fingerprint density at radius 1 is 1.08 bits per heavy atom. The average Bonchev–Trinajstić information content (AvgIpc) is 3.10. The minimum Gasteiger partial charge on any atom is -0.465 e. The molecular weight excluding hydrogens is 350 g/mol. The zero-order valence-electron chi connectivity index (χ0n) is 14.4. The van der Waals surface area contributed by atoms with Crippen molar-refractivity contribution in [3.8, 4) is 0 Å². The van der Waals surface area contributed by atoms with Crippen molar-refractivity contribution in [3.63, 3.8) is 0 Å². The average molecular weight is 367 g/mol. The number of rotatable bonds is 5. The lowest BCUT2D eigenvalue weighted by molar-refractivity contribution is 0.0600. The van der Waals surface area contributed by atoms with Gasteiger partial charge in [0.05, 0.1) is 12.7 Å². The van der Waals surface area contributed by atoms with Crippen molar-refractivity contribution in [2.45, 2.75) is 13.3 Å². The van der Waals surface area contributed by atoms with Gasteiger partial charge in [-0.25, -0.2) is 9.78 Å². The Labute approximate surface area is 154 Å². The molecule has 2 aromatic heterocycles. The van der Waals surface area contributed by atoms with Gasteiger partial charge in [0, 0.05) is 23.7 Å². The molecule has 26 heavy (non-hydrogen) atoms. The summed E-state index contributed by atoms with van der Waals surface area (Å²) < 4.78 is 4.60. The van der Waals surface area contributed by atoms with E-state index in [0.717, 1.165) is 11.3 Å². The van der Waals surface area contributed by atoms with Crippen molar-refractivity contribution in [2.24, 2.45) is 0 Å². The summed E-state index contributed by atoms with van der Waals surface area (Å²) in [7, 11) is 1.29. The lowest BCUT2D eigenvalue weighted by Gasteiger charge is -2.02. The van der Waals surface area contributed by atoms with Crippen molar-refractivity contribution in [3.05, 3.63) is 76.1 Å². The molecule has 0 saturated carbocycles. The maximum atomic E-state index is 12.2. The summed E-state index contributed by atoms with van der Waals surface area (Å²) >= 11 is 1.42. The number of methoxy groups -OCH3 is 1. The van der Waals surface area contributed by atoms with Gasteiger partial charge in [-0.05, 0) is 24.6 Å². The Hall–Kier alpha value is -3.06. The van der Waals surface area contributed by atoms with Gasteiger partial charge in [0.25, 0.3) is 5.91 Å². The van der Waals surface area contributed by atoms with E-state index in [0.29, 0.717) is 10.7 Å². The van der Waals surface area contributed by atoms with Gasteiger partial charge < -0.3 is 4.74 Å². The van der Waals surface area contributed by atoms with Crippen molar-refractivity contribution in [1.29, 1.82) is 0 Å². The molecule has 0 bridgehead atoms. The SMILES string of the molecule is COC(=O)c1ccc(C(=O)Nc2ncc(Cc3ccc(C)cc3)s2)nc1. The number of anilines is 1. The number of aromatic nitrogens is 2. The molecule has 132 valence electrons. The second kappa shape index (κ2) is 7.88.